The maximum Gasteiger partial charge on any atom is 0.254 e. The first-order valence-electron chi connectivity index (χ1n) is 7.73. The van der Waals surface area contributed by atoms with Crippen LogP contribution in [0.15, 0.2) is 42.6 Å². The smallest absolute Gasteiger partial charge is 0.254 e. The number of aryl methyl sites for hydroxylation is 1. The van der Waals surface area contributed by atoms with Gasteiger partial charge in [0, 0.05) is 25.9 Å². The number of hydrogen-bond donors (Lipinski definition) is 1. The number of fused-ring (bicyclic) bond motifs is 1. The van der Waals surface area contributed by atoms with Gasteiger partial charge in [-0.05, 0) is 37.3 Å². The number of benzene rings is 1. The number of pyridine rings is 1. The Kier molecular flexibility index (Phi) is 4.57. The van der Waals surface area contributed by atoms with Crippen molar-refractivity contribution < 1.29 is 9.53 Å². The number of amides is 1. The third kappa shape index (κ3) is 3.14. The van der Waals surface area contributed by atoms with Crippen LogP contribution >= 0.6 is 0 Å². The van der Waals surface area contributed by atoms with Gasteiger partial charge in [0.15, 0.2) is 0 Å². The minimum Gasteiger partial charge on any atom is -0.382 e. The first-order valence-corrected chi connectivity index (χ1v) is 7.73. The van der Waals surface area contributed by atoms with Crippen molar-refractivity contribution in [2.45, 2.75) is 13.0 Å². The number of likely N-dealkylation sites (N-methyl/N-ethyl adjacent to an activating group) is 1. The van der Waals surface area contributed by atoms with E-state index >= 15 is 0 Å². The molecule has 0 saturated carbocycles. The largest absolute Gasteiger partial charge is 0.382 e. The number of aromatic nitrogens is 3. The van der Waals surface area contributed by atoms with E-state index in [1.807, 2.05) is 37.3 Å². The molecule has 0 bridgehead atoms. The maximum atomic E-state index is 12.9. The van der Waals surface area contributed by atoms with Gasteiger partial charge in [-0.2, -0.15) is 0 Å². The Bertz CT molecular complexity index is 845. The normalized spacial score (nSPS) is 12.3. The molecule has 0 aliphatic rings. The van der Waals surface area contributed by atoms with Crippen molar-refractivity contribution in [3.8, 4) is 0 Å². The molecular formula is C18H20N4O2. The summed E-state index contributed by atoms with van der Waals surface area (Å²) in [6.45, 7) is 2.27. The number of nitrogens with one attached hydrogen (secondary N) is 1. The summed E-state index contributed by atoms with van der Waals surface area (Å²) in [5, 5.41) is 0. The lowest BCUT2D eigenvalue weighted by atomic mass is 10.1. The van der Waals surface area contributed by atoms with Gasteiger partial charge in [-0.3, -0.25) is 9.78 Å². The highest BCUT2D eigenvalue weighted by molar-refractivity contribution is 5.97. The number of aromatic amines is 1. The van der Waals surface area contributed by atoms with Crippen molar-refractivity contribution in [2.24, 2.45) is 0 Å². The van der Waals surface area contributed by atoms with Gasteiger partial charge in [-0.15, -0.1) is 0 Å². The van der Waals surface area contributed by atoms with Gasteiger partial charge >= 0.3 is 0 Å². The first-order chi connectivity index (χ1) is 11.6. The van der Waals surface area contributed by atoms with E-state index in [0.29, 0.717) is 12.2 Å². The molecule has 3 aromatic rings. The van der Waals surface area contributed by atoms with Crippen molar-refractivity contribution in [1.29, 1.82) is 0 Å². The molecule has 0 unspecified atom stereocenters. The number of H-pyrrole nitrogens is 1. The molecule has 1 atom stereocenters. The molecule has 2 aromatic heterocycles. The van der Waals surface area contributed by atoms with E-state index in [4.69, 9.17) is 4.74 Å². The van der Waals surface area contributed by atoms with Crippen LogP contribution in [0.5, 0.6) is 0 Å². The van der Waals surface area contributed by atoms with Gasteiger partial charge < -0.3 is 14.6 Å². The molecule has 0 aliphatic carbocycles. The average molecular weight is 324 g/mol. The van der Waals surface area contributed by atoms with Crippen LogP contribution in [0.1, 0.15) is 27.9 Å². The molecule has 0 spiro atoms. The van der Waals surface area contributed by atoms with Crippen LogP contribution < -0.4 is 0 Å². The van der Waals surface area contributed by atoms with E-state index in [1.54, 1.807) is 31.3 Å². The van der Waals surface area contributed by atoms with Gasteiger partial charge in [0.25, 0.3) is 5.91 Å². The number of rotatable bonds is 5. The molecule has 6 nitrogen and oxygen atoms in total. The zero-order chi connectivity index (χ0) is 17.1. The fraction of sp³-hybridized carbons (Fsp3) is 0.278. The summed E-state index contributed by atoms with van der Waals surface area (Å²) in [4.78, 5) is 26.4. The van der Waals surface area contributed by atoms with Crippen molar-refractivity contribution in [2.75, 3.05) is 20.8 Å². The highest BCUT2D eigenvalue weighted by atomic mass is 16.5. The summed E-state index contributed by atoms with van der Waals surface area (Å²) in [5.74, 6) is 0.741. The molecule has 0 fully saturated rings. The molecule has 3 rings (SSSR count). The number of imidazole rings is 1. The van der Waals surface area contributed by atoms with Crippen molar-refractivity contribution in [1.82, 2.24) is 19.9 Å². The summed E-state index contributed by atoms with van der Waals surface area (Å²) >= 11 is 0. The van der Waals surface area contributed by atoms with E-state index in [1.165, 1.54) is 0 Å². The molecule has 1 amide bonds. The summed E-state index contributed by atoms with van der Waals surface area (Å²) in [6.07, 6.45) is 1.72. The molecular weight excluding hydrogens is 304 g/mol. The molecule has 6 heteroatoms. The second-order valence-electron chi connectivity index (χ2n) is 5.70. The minimum absolute atomic E-state index is 0.0862. The first kappa shape index (κ1) is 16.1. The Morgan fingerprint density at radius 3 is 2.88 bits per heavy atom. The van der Waals surface area contributed by atoms with Gasteiger partial charge in [-0.1, -0.05) is 6.07 Å². The predicted molar refractivity (Wildman–Crippen MR) is 91.8 cm³/mol. The Hall–Kier alpha value is -2.73. The third-order valence-corrected chi connectivity index (χ3v) is 3.99. The average Bonchev–Trinajstić information content (AvgIpc) is 2.98. The molecule has 24 heavy (non-hydrogen) atoms. The van der Waals surface area contributed by atoms with E-state index in [2.05, 4.69) is 15.0 Å². The van der Waals surface area contributed by atoms with Crippen LogP contribution in [0.25, 0.3) is 11.0 Å². The van der Waals surface area contributed by atoms with Crippen LogP contribution in [-0.4, -0.2) is 46.5 Å². The highest BCUT2D eigenvalue weighted by Gasteiger charge is 2.24. The van der Waals surface area contributed by atoms with Crippen LogP contribution in [0, 0.1) is 6.92 Å². The maximum absolute atomic E-state index is 12.9. The number of nitrogens with zero attached hydrogens (tertiary/aromatic N) is 3. The predicted octanol–water partition coefficient (Wildman–Crippen LogP) is 2.73. The highest BCUT2D eigenvalue weighted by Crippen LogP contribution is 2.21. The van der Waals surface area contributed by atoms with Crippen molar-refractivity contribution in [3.63, 3.8) is 0 Å². The molecule has 1 N–H and O–H groups in total. The number of carbonyl (C=O) groups excluding carboxylic acids is 1. The Morgan fingerprint density at radius 1 is 1.33 bits per heavy atom. The van der Waals surface area contributed by atoms with Gasteiger partial charge in [0.2, 0.25) is 0 Å². The van der Waals surface area contributed by atoms with Crippen LogP contribution in [0.4, 0.5) is 0 Å². The molecule has 1 aromatic carbocycles. The topological polar surface area (TPSA) is 71.1 Å². The zero-order valence-electron chi connectivity index (χ0n) is 14.0. The second-order valence-corrected chi connectivity index (χ2v) is 5.70. The number of hydrogen-bond acceptors (Lipinski definition) is 4. The van der Waals surface area contributed by atoms with Crippen LogP contribution in [0.2, 0.25) is 0 Å². The minimum atomic E-state index is -0.247. The Morgan fingerprint density at radius 2 is 2.17 bits per heavy atom. The van der Waals surface area contributed by atoms with Gasteiger partial charge in [-0.25, -0.2) is 4.98 Å². The fourth-order valence-electron chi connectivity index (χ4n) is 2.74. The van der Waals surface area contributed by atoms with Gasteiger partial charge in [0.05, 0.1) is 29.4 Å². The van der Waals surface area contributed by atoms with Gasteiger partial charge in [0.1, 0.15) is 5.82 Å². The van der Waals surface area contributed by atoms with Crippen molar-refractivity contribution >= 4 is 16.9 Å². The fourth-order valence-corrected chi connectivity index (χ4v) is 2.74. The SMILES string of the molecule is COC[C@H](c1ccccn1)N(C)C(=O)c1ccc2nc(C)[nH]c2c1. The molecule has 0 radical (unpaired) electrons. The molecule has 124 valence electrons. The number of methoxy groups -OCH3 is 1. The lowest BCUT2D eigenvalue weighted by Gasteiger charge is -2.27. The molecule has 0 saturated heterocycles. The van der Waals surface area contributed by atoms with Crippen molar-refractivity contribution in [3.05, 3.63) is 59.7 Å². The van der Waals surface area contributed by atoms with Crippen LogP contribution in [-0.2, 0) is 4.74 Å². The summed E-state index contributed by atoms with van der Waals surface area (Å²) in [6, 6.07) is 10.9. The van der Waals surface area contributed by atoms with E-state index in [9.17, 15) is 4.79 Å². The third-order valence-electron chi connectivity index (χ3n) is 3.99. The number of carbonyl (C=O) groups is 1. The zero-order valence-corrected chi connectivity index (χ0v) is 14.0. The lowest BCUT2D eigenvalue weighted by molar-refractivity contribution is 0.0595. The monoisotopic (exact) mass is 324 g/mol. The Labute approximate surface area is 140 Å². The summed E-state index contributed by atoms with van der Waals surface area (Å²) in [7, 11) is 3.39. The molecule has 2 heterocycles. The second kappa shape index (κ2) is 6.80. The van der Waals surface area contributed by atoms with E-state index in [-0.39, 0.29) is 11.9 Å². The summed E-state index contributed by atoms with van der Waals surface area (Å²) < 4.78 is 5.29. The Balaban J connectivity index is 1.90. The quantitative estimate of drug-likeness (QED) is 0.783. The van der Waals surface area contributed by atoms with E-state index in [0.717, 1.165) is 22.6 Å². The van der Waals surface area contributed by atoms with E-state index < -0.39 is 0 Å². The lowest BCUT2D eigenvalue weighted by Crippen LogP contribution is -2.34. The molecule has 0 aliphatic heterocycles. The van der Waals surface area contributed by atoms with Crippen LogP contribution in [0.3, 0.4) is 0 Å². The standard InChI is InChI=1S/C18H20N4O2/c1-12-20-14-8-7-13(10-16(14)21-12)18(23)22(2)17(11-24-3)15-6-4-5-9-19-15/h4-10,17H,11H2,1-3H3,(H,20,21)/t17-/m1/s1. The summed E-state index contributed by atoms with van der Waals surface area (Å²) in [5.41, 5.74) is 3.11. The number of ether oxygens (including phenoxy) is 1.